The molecule has 6 nitrogen and oxygen atoms in total. The molecule has 0 bridgehead atoms. The molecule has 0 fully saturated rings. The molecule has 9 heteroatoms. The summed E-state index contributed by atoms with van der Waals surface area (Å²) in [5, 5.41) is 2.19. The minimum absolute atomic E-state index is 0.0667. The van der Waals surface area contributed by atoms with Crippen LogP contribution in [-0.2, 0) is 11.0 Å². The minimum atomic E-state index is -4.52. The molecule has 0 atom stereocenters. The zero-order chi connectivity index (χ0) is 20.0. The Bertz CT molecular complexity index is 838. The fourth-order valence-corrected chi connectivity index (χ4v) is 2.05. The average molecular weight is 381 g/mol. The normalized spacial score (nSPS) is 10.9. The molecule has 0 saturated carbocycles. The number of hydrogen-bond acceptors (Lipinski definition) is 3. The van der Waals surface area contributed by atoms with Crippen LogP contribution in [0, 0.1) is 13.8 Å². The number of carbonyl (C=O) groups excluding carboxylic acids is 2. The maximum atomic E-state index is 12.6. The molecule has 0 saturated heterocycles. The van der Waals surface area contributed by atoms with E-state index in [0.717, 1.165) is 29.3 Å². The summed E-state index contributed by atoms with van der Waals surface area (Å²) in [4.78, 5) is 23.4. The van der Waals surface area contributed by atoms with Crippen molar-refractivity contribution in [2.75, 3.05) is 11.9 Å². The van der Waals surface area contributed by atoms with Crippen LogP contribution in [0.4, 0.5) is 23.7 Å². The Kier molecular flexibility index (Phi) is 6.27. The van der Waals surface area contributed by atoms with E-state index >= 15 is 0 Å². The molecule has 0 aliphatic rings. The number of rotatable bonds is 4. The van der Waals surface area contributed by atoms with Crippen LogP contribution in [0.25, 0.3) is 0 Å². The number of ether oxygens (including phenoxy) is 1. The van der Waals surface area contributed by atoms with E-state index in [1.807, 2.05) is 25.3 Å². The number of aryl methyl sites for hydroxylation is 2. The summed E-state index contributed by atoms with van der Waals surface area (Å²) < 4.78 is 43.2. The fraction of sp³-hybridized carbons (Fsp3) is 0.222. The van der Waals surface area contributed by atoms with Gasteiger partial charge in [-0.15, -0.1) is 0 Å². The lowest BCUT2D eigenvalue weighted by molar-refractivity contribution is -0.137. The highest BCUT2D eigenvalue weighted by Crippen LogP contribution is 2.30. The molecular formula is C18H18F3N3O3. The SMILES string of the molecule is Cc1ccc(OCC(=O)NNC(=O)Nc2cccc(C(F)(F)F)c2)cc1C. The van der Waals surface area contributed by atoms with Crippen LogP contribution in [0.15, 0.2) is 42.5 Å². The van der Waals surface area contributed by atoms with Gasteiger partial charge < -0.3 is 10.1 Å². The van der Waals surface area contributed by atoms with Gasteiger partial charge in [-0.05, 0) is 55.3 Å². The third-order valence-electron chi connectivity index (χ3n) is 3.61. The Labute approximate surface area is 153 Å². The number of anilines is 1. The number of halogens is 3. The van der Waals surface area contributed by atoms with Crippen molar-refractivity contribution in [2.24, 2.45) is 0 Å². The van der Waals surface area contributed by atoms with E-state index in [1.54, 1.807) is 12.1 Å². The van der Waals surface area contributed by atoms with Crippen molar-refractivity contribution in [3.05, 3.63) is 59.2 Å². The van der Waals surface area contributed by atoms with Gasteiger partial charge in [-0.1, -0.05) is 12.1 Å². The van der Waals surface area contributed by atoms with Gasteiger partial charge in [0.2, 0.25) is 0 Å². The van der Waals surface area contributed by atoms with E-state index in [1.165, 1.54) is 6.07 Å². The van der Waals surface area contributed by atoms with Gasteiger partial charge in [0.25, 0.3) is 5.91 Å². The molecule has 0 unspecified atom stereocenters. The van der Waals surface area contributed by atoms with Crippen molar-refractivity contribution >= 4 is 17.6 Å². The van der Waals surface area contributed by atoms with Crippen molar-refractivity contribution in [3.63, 3.8) is 0 Å². The summed E-state index contributed by atoms with van der Waals surface area (Å²) in [6.07, 6.45) is -4.52. The first-order valence-electron chi connectivity index (χ1n) is 7.88. The summed E-state index contributed by atoms with van der Waals surface area (Å²) in [5.74, 6) is -0.130. The number of benzene rings is 2. The number of nitrogens with one attached hydrogen (secondary N) is 3. The molecule has 0 radical (unpaired) electrons. The average Bonchev–Trinajstić information content (AvgIpc) is 2.60. The van der Waals surface area contributed by atoms with E-state index in [-0.39, 0.29) is 12.3 Å². The summed E-state index contributed by atoms with van der Waals surface area (Å²) in [7, 11) is 0. The van der Waals surface area contributed by atoms with Gasteiger partial charge in [0.15, 0.2) is 6.61 Å². The zero-order valence-corrected chi connectivity index (χ0v) is 14.6. The first kappa shape index (κ1) is 20.1. The Morgan fingerprint density at radius 1 is 1.00 bits per heavy atom. The minimum Gasteiger partial charge on any atom is -0.484 e. The molecule has 3 N–H and O–H groups in total. The van der Waals surface area contributed by atoms with Crippen LogP contribution in [0.5, 0.6) is 5.75 Å². The van der Waals surface area contributed by atoms with Gasteiger partial charge in [-0.25, -0.2) is 10.2 Å². The lowest BCUT2D eigenvalue weighted by Crippen LogP contribution is -2.45. The standard InChI is InChI=1S/C18H18F3N3O3/c1-11-6-7-15(8-12(11)2)27-10-16(25)23-24-17(26)22-14-5-3-4-13(9-14)18(19,20)21/h3-9H,10H2,1-2H3,(H,23,25)(H2,22,24,26). The van der Waals surface area contributed by atoms with Crippen molar-refractivity contribution < 1.29 is 27.5 Å². The number of urea groups is 1. The Morgan fingerprint density at radius 2 is 1.74 bits per heavy atom. The Balaban J connectivity index is 1.79. The molecule has 0 aliphatic heterocycles. The topological polar surface area (TPSA) is 79.5 Å². The maximum absolute atomic E-state index is 12.6. The van der Waals surface area contributed by atoms with E-state index in [9.17, 15) is 22.8 Å². The molecule has 0 heterocycles. The maximum Gasteiger partial charge on any atom is 0.416 e. The van der Waals surface area contributed by atoms with Gasteiger partial charge in [-0.3, -0.25) is 10.2 Å². The lowest BCUT2D eigenvalue weighted by atomic mass is 10.1. The molecule has 0 aliphatic carbocycles. The third-order valence-corrected chi connectivity index (χ3v) is 3.61. The number of hydrogen-bond donors (Lipinski definition) is 3. The summed E-state index contributed by atoms with van der Waals surface area (Å²) >= 11 is 0. The monoisotopic (exact) mass is 381 g/mol. The number of carbonyl (C=O) groups is 2. The Morgan fingerprint density at radius 3 is 2.41 bits per heavy atom. The molecule has 144 valence electrons. The first-order valence-corrected chi connectivity index (χ1v) is 7.88. The highest BCUT2D eigenvalue weighted by atomic mass is 19.4. The Hall–Kier alpha value is -3.23. The van der Waals surface area contributed by atoms with Gasteiger partial charge >= 0.3 is 12.2 Å². The highest BCUT2D eigenvalue weighted by molar-refractivity contribution is 5.91. The number of alkyl halides is 3. The van der Waals surface area contributed by atoms with E-state index in [4.69, 9.17) is 4.74 Å². The molecule has 27 heavy (non-hydrogen) atoms. The smallest absolute Gasteiger partial charge is 0.416 e. The predicted molar refractivity (Wildman–Crippen MR) is 93.2 cm³/mol. The van der Waals surface area contributed by atoms with Gasteiger partial charge in [0, 0.05) is 5.69 Å². The van der Waals surface area contributed by atoms with Gasteiger partial charge in [0.1, 0.15) is 5.75 Å². The van der Waals surface area contributed by atoms with Crippen molar-refractivity contribution in [1.82, 2.24) is 10.9 Å². The summed E-state index contributed by atoms with van der Waals surface area (Å²) in [6.45, 7) is 3.51. The zero-order valence-electron chi connectivity index (χ0n) is 14.6. The van der Waals surface area contributed by atoms with Crippen LogP contribution in [0.2, 0.25) is 0 Å². The molecule has 0 spiro atoms. The molecular weight excluding hydrogens is 363 g/mol. The first-order chi connectivity index (χ1) is 12.6. The van der Waals surface area contributed by atoms with Crippen LogP contribution >= 0.6 is 0 Å². The quantitative estimate of drug-likeness (QED) is 0.709. The summed E-state index contributed by atoms with van der Waals surface area (Å²) in [5.41, 5.74) is 5.26. The predicted octanol–water partition coefficient (Wildman–Crippen LogP) is 3.55. The number of amides is 3. The van der Waals surface area contributed by atoms with E-state index in [2.05, 4.69) is 10.7 Å². The lowest BCUT2D eigenvalue weighted by Gasteiger charge is -2.12. The second kappa shape index (κ2) is 8.43. The van der Waals surface area contributed by atoms with Crippen LogP contribution in [0.3, 0.4) is 0 Å². The van der Waals surface area contributed by atoms with Gasteiger partial charge in [0.05, 0.1) is 5.56 Å². The fourth-order valence-electron chi connectivity index (χ4n) is 2.05. The van der Waals surface area contributed by atoms with E-state index in [0.29, 0.717) is 5.75 Å². The number of hydrazine groups is 1. The van der Waals surface area contributed by atoms with Crippen molar-refractivity contribution in [1.29, 1.82) is 0 Å². The molecule has 3 amide bonds. The second-order valence-electron chi connectivity index (χ2n) is 5.74. The highest BCUT2D eigenvalue weighted by Gasteiger charge is 2.30. The molecule has 2 rings (SSSR count). The van der Waals surface area contributed by atoms with Crippen LogP contribution in [-0.4, -0.2) is 18.5 Å². The molecule has 2 aromatic rings. The molecule has 0 aromatic heterocycles. The van der Waals surface area contributed by atoms with E-state index < -0.39 is 23.7 Å². The summed E-state index contributed by atoms with van der Waals surface area (Å²) in [6, 6.07) is 8.56. The molecule has 2 aromatic carbocycles. The third kappa shape index (κ3) is 6.21. The van der Waals surface area contributed by atoms with Crippen LogP contribution < -0.4 is 20.9 Å². The van der Waals surface area contributed by atoms with Crippen LogP contribution in [0.1, 0.15) is 16.7 Å². The largest absolute Gasteiger partial charge is 0.484 e. The van der Waals surface area contributed by atoms with Gasteiger partial charge in [-0.2, -0.15) is 13.2 Å². The van der Waals surface area contributed by atoms with Crippen molar-refractivity contribution in [2.45, 2.75) is 20.0 Å². The van der Waals surface area contributed by atoms with Crippen molar-refractivity contribution in [3.8, 4) is 5.75 Å². The second-order valence-corrected chi connectivity index (χ2v) is 5.74.